The number of nitriles is 1. The van der Waals surface area contributed by atoms with E-state index in [0.29, 0.717) is 17.1 Å². The number of aromatic nitrogens is 1. The number of pyridine rings is 1. The molecule has 1 aromatic rings. The second kappa shape index (κ2) is 9.53. The molecule has 0 radical (unpaired) electrons. The van der Waals surface area contributed by atoms with Gasteiger partial charge in [-0.2, -0.15) is 5.26 Å². The van der Waals surface area contributed by atoms with E-state index < -0.39 is 0 Å². The summed E-state index contributed by atoms with van der Waals surface area (Å²) in [5.74, 6) is 0.255. The standard InChI is InChI=1S/C17H26N4OS/c1-6-21(7-2)9-8-19-16(22)11-23-17-15(10-18)13(4)12(3)14(5)20-17/h6-9,11H2,1-5H3,(H,19,22). The Balaban J connectivity index is 2.59. The first kappa shape index (κ1) is 19.5. The predicted molar refractivity (Wildman–Crippen MR) is 94.7 cm³/mol. The fourth-order valence-corrected chi connectivity index (χ4v) is 3.14. The van der Waals surface area contributed by atoms with Crippen molar-refractivity contribution in [1.82, 2.24) is 15.2 Å². The van der Waals surface area contributed by atoms with Crippen LogP contribution in [-0.4, -0.2) is 47.7 Å². The molecule has 6 heteroatoms. The number of rotatable bonds is 8. The van der Waals surface area contributed by atoms with Gasteiger partial charge in [-0.05, 0) is 45.0 Å². The molecule has 0 saturated carbocycles. The molecular weight excluding hydrogens is 308 g/mol. The topological polar surface area (TPSA) is 69.0 Å². The molecule has 0 saturated heterocycles. The monoisotopic (exact) mass is 334 g/mol. The molecule has 1 aromatic heterocycles. The number of hydrogen-bond donors (Lipinski definition) is 1. The van der Waals surface area contributed by atoms with Crippen molar-refractivity contribution in [3.63, 3.8) is 0 Å². The third-order valence-corrected chi connectivity index (χ3v) is 5.04. The minimum atomic E-state index is -0.0243. The van der Waals surface area contributed by atoms with Crippen molar-refractivity contribution >= 4 is 17.7 Å². The SMILES string of the molecule is CCN(CC)CCNC(=O)CSc1nc(C)c(C)c(C)c1C#N. The number of likely N-dealkylation sites (N-methyl/N-ethyl adjacent to an activating group) is 1. The molecule has 0 fully saturated rings. The van der Waals surface area contributed by atoms with E-state index in [1.54, 1.807) is 0 Å². The Hall–Kier alpha value is -1.58. The van der Waals surface area contributed by atoms with Gasteiger partial charge >= 0.3 is 0 Å². The normalized spacial score (nSPS) is 10.7. The average Bonchev–Trinajstić information content (AvgIpc) is 2.54. The highest BCUT2D eigenvalue weighted by Crippen LogP contribution is 2.26. The van der Waals surface area contributed by atoms with Gasteiger partial charge in [-0.3, -0.25) is 4.79 Å². The highest BCUT2D eigenvalue weighted by Gasteiger charge is 2.14. The zero-order valence-corrected chi connectivity index (χ0v) is 15.5. The van der Waals surface area contributed by atoms with Crippen molar-refractivity contribution in [2.24, 2.45) is 0 Å². The molecule has 0 unspecified atom stereocenters. The Morgan fingerprint density at radius 3 is 2.48 bits per heavy atom. The van der Waals surface area contributed by atoms with Crippen LogP contribution in [-0.2, 0) is 4.79 Å². The summed E-state index contributed by atoms with van der Waals surface area (Å²) in [4.78, 5) is 18.7. The first-order chi connectivity index (χ1) is 10.9. The van der Waals surface area contributed by atoms with E-state index >= 15 is 0 Å². The van der Waals surface area contributed by atoms with Crippen LogP contribution in [0.2, 0.25) is 0 Å². The van der Waals surface area contributed by atoms with Gasteiger partial charge in [0.15, 0.2) is 0 Å². The maximum Gasteiger partial charge on any atom is 0.230 e. The van der Waals surface area contributed by atoms with Crippen LogP contribution >= 0.6 is 11.8 Å². The molecule has 5 nitrogen and oxygen atoms in total. The third kappa shape index (κ3) is 5.52. The lowest BCUT2D eigenvalue weighted by Crippen LogP contribution is -2.35. The Labute approximate surface area is 143 Å². The summed E-state index contributed by atoms with van der Waals surface area (Å²) in [5, 5.41) is 12.9. The number of carbonyl (C=O) groups excluding carboxylic acids is 1. The van der Waals surface area contributed by atoms with Crippen LogP contribution in [0.5, 0.6) is 0 Å². The molecule has 0 aromatic carbocycles. The minimum Gasteiger partial charge on any atom is -0.354 e. The zero-order valence-electron chi connectivity index (χ0n) is 14.7. The lowest BCUT2D eigenvalue weighted by atomic mass is 10.1. The van der Waals surface area contributed by atoms with E-state index in [2.05, 4.69) is 35.1 Å². The van der Waals surface area contributed by atoms with Gasteiger partial charge in [-0.1, -0.05) is 25.6 Å². The molecule has 1 heterocycles. The second-order valence-electron chi connectivity index (χ2n) is 5.40. The fourth-order valence-electron chi connectivity index (χ4n) is 2.23. The largest absolute Gasteiger partial charge is 0.354 e. The molecule has 23 heavy (non-hydrogen) atoms. The number of aryl methyl sites for hydroxylation is 1. The first-order valence-electron chi connectivity index (χ1n) is 7.94. The number of hydrogen-bond acceptors (Lipinski definition) is 5. The van der Waals surface area contributed by atoms with E-state index in [1.165, 1.54) is 11.8 Å². The van der Waals surface area contributed by atoms with E-state index in [4.69, 9.17) is 0 Å². The maximum atomic E-state index is 11.9. The molecule has 1 N–H and O–H groups in total. The number of thioether (sulfide) groups is 1. The maximum absolute atomic E-state index is 11.9. The summed E-state index contributed by atoms with van der Waals surface area (Å²) in [6.07, 6.45) is 0. The van der Waals surface area contributed by atoms with Gasteiger partial charge in [-0.15, -0.1) is 0 Å². The molecule has 0 spiro atoms. The highest BCUT2D eigenvalue weighted by atomic mass is 32.2. The van der Waals surface area contributed by atoms with Crippen molar-refractivity contribution in [3.05, 3.63) is 22.4 Å². The lowest BCUT2D eigenvalue weighted by molar-refractivity contribution is -0.118. The van der Waals surface area contributed by atoms with Crippen molar-refractivity contribution in [2.45, 2.75) is 39.6 Å². The molecular formula is C17H26N4OS. The van der Waals surface area contributed by atoms with E-state index in [-0.39, 0.29) is 11.7 Å². The van der Waals surface area contributed by atoms with Gasteiger partial charge in [0, 0.05) is 18.8 Å². The Kier molecular flexibility index (Phi) is 8.07. The van der Waals surface area contributed by atoms with Crippen LogP contribution in [0.15, 0.2) is 5.03 Å². The first-order valence-corrected chi connectivity index (χ1v) is 8.92. The molecule has 0 aliphatic rings. The van der Waals surface area contributed by atoms with Gasteiger partial charge in [0.25, 0.3) is 0 Å². The average molecular weight is 334 g/mol. The van der Waals surface area contributed by atoms with Crippen molar-refractivity contribution in [1.29, 1.82) is 5.26 Å². The van der Waals surface area contributed by atoms with E-state index in [9.17, 15) is 10.1 Å². The van der Waals surface area contributed by atoms with E-state index in [1.807, 2.05) is 20.8 Å². The molecule has 0 atom stereocenters. The van der Waals surface area contributed by atoms with Gasteiger partial charge in [-0.25, -0.2) is 4.98 Å². The third-order valence-electron chi connectivity index (χ3n) is 4.06. The van der Waals surface area contributed by atoms with Crippen LogP contribution in [0.3, 0.4) is 0 Å². The van der Waals surface area contributed by atoms with Crippen LogP contribution in [0.25, 0.3) is 0 Å². The summed E-state index contributed by atoms with van der Waals surface area (Å²) in [5.41, 5.74) is 3.47. The summed E-state index contributed by atoms with van der Waals surface area (Å²) < 4.78 is 0. The van der Waals surface area contributed by atoms with Crippen LogP contribution in [0.1, 0.15) is 36.2 Å². The van der Waals surface area contributed by atoms with E-state index in [0.717, 1.165) is 36.5 Å². The number of amides is 1. The number of nitrogens with one attached hydrogen (secondary N) is 1. The smallest absolute Gasteiger partial charge is 0.230 e. The van der Waals surface area contributed by atoms with Crippen molar-refractivity contribution in [2.75, 3.05) is 31.9 Å². The fraction of sp³-hybridized carbons (Fsp3) is 0.588. The number of nitrogens with zero attached hydrogens (tertiary/aromatic N) is 3. The number of carbonyl (C=O) groups is 1. The zero-order chi connectivity index (χ0) is 17.4. The molecule has 1 rings (SSSR count). The Morgan fingerprint density at radius 2 is 1.91 bits per heavy atom. The summed E-state index contributed by atoms with van der Waals surface area (Å²) in [6.45, 7) is 13.5. The minimum absolute atomic E-state index is 0.0243. The van der Waals surface area contributed by atoms with Crippen LogP contribution in [0.4, 0.5) is 0 Å². The summed E-state index contributed by atoms with van der Waals surface area (Å²) in [6, 6.07) is 2.21. The molecule has 1 amide bonds. The summed E-state index contributed by atoms with van der Waals surface area (Å²) in [7, 11) is 0. The van der Waals surface area contributed by atoms with Crippen LogP contribution < -0.4 is 5.32 Å². The molecule has 126 valence electrons. The van der Waals surface area contributed by atoms with Crippen LogP contribution in [0, 0.1) is 32.1 Å². The molecule has 0 aliphatic heterocycles. The van der Waals surface area contributed by atoms with Gasteiger partial charge in [0.1, 0.15) is 11.1 Å². The molecule has 0 aliphatic carbocycles. The summed E-state index contributed by atoms with van der Waals surface area (Å²) >= 11 is 1.33. The Morgan fingerprint density at radius 1 is 1.26 bits per heavy atom. The van der Waals surface area contributed by atoms with Gasteiger partial charge in [0.05, 0.1) is 11.3 Å². The molecule has 0 bridgehead atoms. The van der Waals surface area contributed by atoms with Gasteiger partial charge in [0.2, 0.25) is 5.91 Å². The Bertz CT molecular complexity index is 591. The van der Waals surface area contributed by atoms with Gasteiger partial charge < -0.3 is 10.2 Å². The van der Waals surface area contributed by atoms with Crippen molar-refractivity contribution in [3.8, 4) is 6.07 Å². The van der Waals surface area contributed by atoms with Crippen molar-refractivity contribution < 1.29 is 4.79 Å². The quantitative estimate of drug-likeness (QED) is 0.740. The highest BCUT2D eigenvalue weighted by molar-refractivity contribution is 8.00. The second-order valence-corrected chi connectivity index (χ2v) is 6.37. The predicted octanol–water partition coefficient (Wildman–Crippen LogP) is 2.43. The lowest BCUT2D eigenvalue weighted by Gasteiger charge is -2.18.